The molecule has 0 spiro atoms. The van der Waals surface area contributed by atoms with Gasteiger partial charge in [0.25, 0.3) is 0 Å². The quantitative estimate of drug-likeness (QED) is 0.366. The highest BCUT2D eigenvalue weighted by Gasteiger charge is 2.14. The van der Waals surface area contributed by atoms with Crippen LogP contribution in [0.15, 0.2) is 56.8 Å². The van der Waals surface area contributed by atoms with Gasteiger partial charge in [-0.25, -0.2) is 4.79 Å². The zero-order valence-corrected chi connectivity index (χ0v) is 17.1. The van der Waals surface area contributed by atoms with Crippen LogP contribution >= 0.6 is 11.8 Å². The lowest BCUT2D eigenvalue weighted by Crippen LogP contribution is -2.02. The molecule has 4 rings (SSSR count). The zero-order chi connectivity index (χ0) is 19.8. The molecule has 0 bridgehead atoms. The first-order chi connectivity index (χ1) is 13.4. The molecule has 0 aliphatic rings. The van der Waals surface area contributed by atoms with E-state index >= 15 is 0 Å². The third kappa shape index (κ3) is 3.47. The van der Waals surface area contributed by atoms with Gasteiger partial charge in [-0.05, 0) is 74.2 Å². The third-order valence-electron chi connectivity index (χ3n) is 4.86. The number of fused-ring (bicyclic) bond motifs is 1. The van der Waals surface area contributed by atoms with E-state index < -0.39 is 0 Å². The number of aromatic nitrogens is 3. The Morgan fingerprint density at radius 3 is 2.57 bits per heavy atom. The molecule has 0 amide bonds. The minimum Gasteiger partial charge on any atom is -0.423 e. The lowest BCUT2D eigenvalue weighted by atomic mass is 10.0. The molecule has 0 saturated heterocycles. The van der Waals surface area contributed by atoms with Crippen LogP contribution in [-0.4, -0.2) is 14.8 Å². The summed E-state index contributed by atoms with van der Waals surface area (Å²) in [6.07, 6.45) is 0. The van der Waals surface area contributed by atoms with Gasteiger partial charge >= 0.3 is 5.63 Å². The molecule has 142 valence electrons. The Labute approximate surface area is 167 Å². The SMILES string of the molecule is Cc1cccc(-n2c(C)nnc2SCc2cc(=O)oc3cc(C)c(C)cc23)c1. The lowest BCUT2D eigenvalue weighted by Gasteiger charge is -2.10. The van der Waals surface area contributed by atoms with Crippen molar-refractivity contribution in [3.63, 3.8) is 0 Å². The van der Waals surface area contributed by atoms with Crippen LogP contribution in [0.1, 0.15) is 28.1 Å². The highest BCUT2D eigenvalue weighted by Crippen LogP contribution is 2.29. The second-order valence-electron chi connectivity index (χ2n) is 7.02. The van der Waals surface area contributed by atoms with Gasteiger partial charge in [0.2, 0.25) is 0 Å². The molecule has 0 N–H and O–H groups in total. The molecule has 0 atom stereocenters. The molecule has 0 aliphatic heterocycles. The van der Waals surface area contributed by atoms with Crippen LogP contribution < -0.4 is 5.63 Å². The molecule has 2 aromatic heterocycles. The fourth-order valence-corrected chi connectivity index (χ4v) is 4.23. The van der Waals surface area contributed by atoms with Crippen molar-refractivity contribution in [1.82, 2.24) is 14.8 Å². The maximum Gasteiger partial charge on any atom is 0.336 e. The number of rotatable bonds is 4. The second kappa shape index (κ2) is 7.28. The smallest absolute Gasteiger partial charge is 0.336 e. The molecule has 4 aromatic rings. The van der Waals surface area contributed by atoms with Crippen LogP contribution in [0.25, 0.3) is 16.7 Å². The number of hydrogen-bond acceptors (Lipinski definition) is 5. The van der Waals surface area contributed by atoms with Gasteiger partial charge in [0, 0.05) is 22.9 Å². The summed E-state index contributed by atoms with van der Waals surface area (Å²) >= 11 is 1.56. The van der Waals surface area contributed by atoms with Gasteiger partial charge in [0.05, 0.1) is 0 Å². The number of aryl methyl sites for hydroxylation is 4. The van der Waals surface area contributed by atoms with Gasteiger partial charge in [-0.3, -0.25) is 4.57 Å². The van der Waals surface area contributed by atoms with Gasteiger partial charge in [-0.1, -0.05) is 23.9 Å². The van der Waals surface area contributed by atoms with Crippen molar-refractivity contribution in [2.45, 2.75) is 38.6 Å². The van der Waals surface area contributed by atoms with Gasteiger partial charge in [0.1, 0.15) is 11.4 Å². The molecule has 28 heavy (non-hydrogen) atoms. The van der Waals surface area contributed by atoms with Crippen LogP contribution in [-0.2, 0) is 5.75 Å². The van der Waals surface area contributed by atoms with E-state index in [9.17, 15) is 4.79 Å². The van der Waals surface area contributed by atoms with Gasteiger partial charge in [0.15, 0.2) is 5.16 Å². The summed E-state index contributed by atoms with van der Waals surface area (Å²) in [6, 6.07) is 13.8. The third-order valence-corrected chi connectivity index (χ3v) is 5.83. The molecular formula is C22H21N3O2S. The van der Waals surface area contributed by atoms with Crippen molar-refractivity contribution >= 4 is 22.7 Å². The van der Waals surface area contributed by atoms with Crippen molar-refractivity contribution in [3.8, 4) is 5.69 Å². The predicted octanol–water partition coefficient (Wildman–Crippen LogP) is 4.90. The number of thioether (sulfide) groups is 1. The second-order valence-corrected chi connectivity index (χ2v) is 7.96. The van der Waals surface area contributed by atoms with Gasteiger partial charge in [-0.15, -0.1) is 10.2 Å². The molecule has 5 nitrogen and oxygen atoms in total. The van der Waals surface area contributed by atoms with E-state index in [1.54, 1.807) is 17.8 Å². The Kier molecular flexibility index (Phi) is 4.81. The van der Waals surface area contributed by atoms with E-state index in [-0.39, 0.29) is 5.63 Å². The van der Waals surface area contributed by atoms with Crippen LogP contribution in [0.3, 0.4) is 0 Å². The van der Waals surface area contributed by atoms with Crippen molar-refractivity contribution in [2.75, 3.05) is 0 Å². The molecule has 2 aromatic carbocycles. The Morgan fingerprint density at radius 1 is 1.00 bits per heavy atom. The maximum atomic E-state index is 12.0. The van der Waals surface area contributed by atoms with Crippen molar-refractivity contribution in [1.29, 1.82) is 0 Å². The Hall–Kier alpha value is -2.86. The maximum absolute atomic E-state index is 12.0. The lowest BCUT2D eigenvalue weighted by molar-refractivity contribution is 0.559. The van der Waals surface area contributed by atoms with Gasteiger partial charge in [-0.2, -0.15) is 0 Å². The fourth-order valence-electron chi connectivity index (χ4n) is 3.25. The van der Waals surface area contributed by atoms with E-state index in [1.807, 2.05) is 36.6 Å². The summed E-state index contributed by atoms with van der Waals surface area (Å²) < 4.78 is 7.44. The number of nitrogens with zero attached hydrogens (tertiary/aromatic N) is 3. The first kappa shape index (κ1) is 18.5. The summed E-state index contributed by atoms with van der Waals surface area (Å²) in [5, 5.41) is 10.4. The summed E-state index contributed by atoms with van der Waals surface area (Å²) in [7, 11) is 0. The van der Waals surface area contributed by atoms with Crippen molar-refractivity contribution in [2.24, 2.45) is 0 Å². The molecule has 0 unspecified atom stereocenters. The average Bonchev–Trinajstić information content (AvgIpc) is 3.01. The standard InChI is InChI=1S/C22H21N3O2S/c1-13-6-5-7-18(8-13)25-16(4)23-24-22(25)28-12-17-11-21(26)27-20-10-15(3)14(2)9-19(17)20/h5-11H,12H2,1-4H3. The molecule has 0 fully saturated rings. The first-order valence-corrected chi connectivity index (χ1v) is 10.1. The highest BCUT2D eigenvalue weighted by molar-refractivity contribution is 7.98. The minimum absolute atomic E-state index is 0.331. The Bertz CT molecular complexity index is 1240. The fraction of sp³-hybridized carbons (Fsp3) is 0.227. The Balaban J connectivity index is 1.72. The normalized spacial score (nSPS) is 11.3. The zero-order valence-electron chi connectivity index (χ0n) is 16.3. The largest absolute Gasteiger partial charge is 0.423 e. The molecular weight excluding hydrogens is 370 g/mol. The predicted molar refractivity (Wildman–Crippen MR) is 112 cm³/mol. The van der Waals surface area contributed by atoms with Gasteiger partial charge < -0.3 is 4.42 Å². The number of benzene rings is 2. The summed E-state index contributed by atoms with van der Waals surface area (Å²) in [6.45, 7) is 8.09. The van der Waals surface area contributed by atoms with E-state index in [0.717, 1.165) is 33.2 Å². The molecule has 0 aliphatic carbocycles. The molecule has 0 saturated carbocycles. The van der Waals surface area contributed by atoms with Crippen LogP contribution in [0.2, 0.25) is 0 Å². The average molecular weight is 391 g/mol. The monoisotopic (exact) mass is 391 g/mol. The van der Waals surface area contributed by atoms with E-state index in [1.165, 1.54) is 11.1 Å². The molecule has 0 radical (unpaired) electrons. The highest BCUT2D eigenvalue weighted by atomic mass is 32.2. The van der Waals surface area contributed by atoms with Crippen molar-refractivity contribution < 1.29 is 4.42 Å². The topological polar surface area (TPSA) is 60.9 Å². The van der Waals surface area contributed by atoms with Crippen LogP contribution in [0.4, 0.5) is 0 Å². The summed E-state index contributed by atoms with van der Waals surface area (Å²) in [4.78, 5) is 12.0. The Morgan fingerprint density at radius 2 is 1.79 bits per heavy atom. The van der Waals surface area contributed by atoms with E-state index in [2.05, 4.69) is 42.2 Å². The first-order valence-electron chi connectivity index (χ1n) is 9.08. The van der Waals surface area contributed by atoms with Crippen LogP contribution in [0.5, 0.6) is 0 Å². The van der Waals surface area contributed by atoms with E-state index in [4.69, 9.17) is 4.42 Å². The summed E-state index contributed by atoms with van der Waals surface area (Å²) in [5.41, 5.74) is 5.73. The molecule has 2 heterocycles. The number of hydrogen-bond donors (Lipinski definition) is 0. The van der Waals surface area contributed by atoms with Crippen molar-refractivity contribution in [3.05, 3.63) is 81.0 Å². The van der Waals surface area contributed by atoms with E-state index in [0.29, 0.717) is 11.3 Å². The molecule has 6 heteroatoms. The minimum atomic E-state index is -0.331. The van der Waals surface area contributed by atoms with Crippen LogP contribution in [0, 0.1) is 27.7 Å². The summed E-state index contributed by atoms with van der Waals surface area (Å²) in [5.74, 6) is 1.44.